The first kappa shape index (κ1) is 16.9. The van der Waals surface area contributed by atoms with E-state index in [4.69, 9.17) is 10.5 Å². The summed E-state index contributed by atoms with van der Waals surface area (Å²) < 4.78 is 45.4. The molecule has 3 N–H and O–H groups in total. The molecule has 1 rings (SSSR count). The van der Waals surface area contributed by atoms with Crippen molar-refractivity contribution in [3.05, 3.63) is 23.5 Å². The molecule has 0 spiro atoms. The summed E-state index contributed by atoms with van der Waals surface area (Å²) in [5.74, 6) is -0.779. The van der Waals surface area contributed by atoms with Crippen LogP contribution < -0.4 is 10.5 Å². The van der Waals surface area contributed by atoms with Gasteiger partial charge in [0.1, 0.15) is 10.7 Å². The Morgan fingerprint density at radius 3 is 2.70 bits per heavy atom. The highest BCUT2D eigenvalue weighted by atomic mass is 32.2. The molecule has 0 unspecified atom stereocenters. The van der Waals surface area contributed by atoms with Gasteiger partial charge in [0.15, 0.2) is 0 Å². The molecular formula is C13H21FN2O3S. The summed E-state index contributed by atoms with van der Waals surface area (Å²) in [6.07, 6.45) is 1.94. The van der Waals surface area contributed by atoms with Crippen molar-refractivity contribution in [2.75, 3.05) is 25.5 Å². The fraction of sp³-hybridized carbons (Fsp3) is 0.538. The Balaban J connectivity index is 2.65. The lowest BCUT2D eigenvalue weighted by Crippen LogP contribution is -2.28. The average Bonchev–Trinajstić information content (AvgIpc) is 2.37. The van der Waals surface area contributed by atoms with E-state index >= 15 is 0 Å². The first-order valence-corrected chi connectivity index (χ1v) is 8.00. The van der Waals surface area contributed by atoms with Crippen molar-refractivity contribution < 1.29 is 17.5 Å². The van der Waals surface area contributed by atoms with E-state index in [1.807, 2.05) is 6.92 Å². The minimum atomic E-state index is -3.91. The molecule has 5 nitrogen and oxygen atoms in total. The van der Waals surface area contributed by atoms with Crippen molar-refractivity contribution in [3.8, 4) is 0 Å². The number of rotatable bonds is 8. The second-order valence-corrected chi connectivity index (χ2v) is 6.25. The highest BCUT2D eigenvalue weighted by Gasteiger charge is 2.20. The maximum absolute atomic E-state index is 13.8. The van der Waals surface area contributed by atoms with Crippen LogP contribution in [0.4, 0.5) is 10.1 Å². The number of nitrogens with one attached hydrogen (secondary N) is 1. The topological polar surface area (TPSA) is 81.4 Å². The maximum Gasteiger partial charge on any atom is 0.243 e. The summed E-state index contributed by atoms with van der Waals surface area (Å²) in [4.78, 5) is -0.427. The van der Waals surface area contributed by atoms with E-state index in [0.29, 0.717) is 6.61 Å². The van der Waals surface area contributed by atoms with Gasteiger partial charge < -0.3 is 10.5 Å². The van der Waals surface area contributed by atoms with E-state index in [-0.39, 0.29) is 24.4 Å². The summed E-state index contributed by atoms with van der Waals surface area (Å²) in [5.41, 5.74) is 5.96. The van der Waals surface area contributed by atoms with Gasteiger partial charge in [0.25, 0.3) is 0 Å². The first-order valence-electron chi connectivity index (χ1n) is 6.51. The molecule has 0 fully saturated rings. The molecule has 0 bridgehead atoms. The normalized spacial score (nSPS) is 11.8. The molecule has 1 aromatic carbocycles. The van der Waals surface area contributed by atoms with Crippen LogP contribution in [0, 0.1) is 12.7 Å². The van der Waals surface area contributed by atoms with E-state index in [9.17, 15) is 12.8 Å². The van der Waals surface area contributed by atoms with Gasteiger partial charge in [0.2, 0.25) is 10.0 Å². The quantitative estimate of drug-likeness (QED) is 0.567. The van der Waals surface area contributed by atoms with Crippen LogP contribution in [0.3, 0.4) is 0 Å². The average molecular weight is 304 g/mol. The van der Waals surface area contributed by atoms with Crippen LogP contribution in [-0.2, 0) is 14.8 Å². The van der Waals surface area contributed by atoms with Crippen LogP contribution in [0.2, 0.25) is 0 Å². The zero-order valence-electron chi connectivity index (χ0n) is 11.8. The smallest absolute Gasteiger partial charge is 0.243 e. The predicted octanol–water partition coefficient (Wildman–Crippen LogP) is 1.81. The van der Waals surface area contributed by atoms with Crippen molar-refractivity contribution in [2.45, 2.75) is 31.6 Å². The number of anilines is 1. The minimum Gasteiger partial charge on any atom is -0.399 e. The number of sulfonamides is 1. The number of hydrogen-bond acceptors (Lipinski definition) is 4. The van der Waals surface area contributed by atoms with E-state index < -0.39 is 20.7 Å². The summed E-state index contributed by atoms with van der Waals surface area (Å²) >= 11 is 0. The third kappa shape index (κ3) is 4.73. The third-order valence-corrected chi connectivity index (χ3v) is 4.17. The molecule has 1 aromatic rings. The SMILES string of the molecule is CCCCOCCNS(=O)(=O)c1cc(N)cc(C)c1F. The van der Waals surface area contributed by atoms with Crippen molar-refractivity contribution in [1.29, 1.82) is 0 Å². The molecule has 0 amide bonds. The molecule has 0 saturated carbocycles. The van der Waals surface area contributed by atoms with Crippen LogP contribution in [0.1, 0.15) is 25.3 Å². The Hall–Kier alpha value is -1.18. The second-order valence-electron chi connectivity index (χ2n) is 4.51. The van der Waals surface area contributed by atoms with Crippen LogP contribution in [0.25, 0.3) is 0 Å². The fourth-order valence-corrected chi connectivity index (χ4v) is 2.83. The molecule has 0 heterocycles. The molecule has 0 saturated heterocycles. The summed E-state index contributed by atoms with van der Waals surface area (Å²) in [7, 11) is -3.91. The molecule has 20 heavy (non-hydrogen) atoms. The van der Waals surface area contributed by atoms with Crippen molar-refractivity contribution in [3.63, 3.8) is 0 Å². The van der Waals surface area contributed by atoms with Gasteiger partial charge >= 0.3 is 0 Å². The Morgan fingerprint density at radius 1 is 1.35 bits per heavy atom. The van der Waals surface area contributed by atoms with E-state index in [0.717, 1.165) is 18.9 Å². The largest absolute Gasteiger partial charge is 0.399 e. The Labute approximate surface area is 119 Å². The van der Waals surface area contributed by atoms with Crippen LogP contribution in [0.15, 0.2) is 17.0 Å². The molecular weight excluding hydrogens is 283 g/mol. The van der Waals surface area contributed by atoms with Gasteiger partial charge in [-0.25, -0.2) is 17.5 Å². The fourth-order valence-electron chi connectivity index (χ4n) is 1.63. The zero-order chi connectivity index (χ0) is 15.2. The van der Waals surface area contributed by atoms with Gasteiger partial charge in [-0.3, -0.25) is 0 Å². The Kier molecular flexibility index (Phi) is 6.38. The number of nitrogen functional groups attached to an aromatic ring is 1. The minimum absolute atomic E-state index is 0.0966. The number of halogens is 1. The lowest BCUT2D eigenvalue weighted by molar-refractivity contribution is 0.136. The van der Waals surface area contributed by atoms with E-state index in [2.05, 4.69) is 4.72 Å². The summed E-state index contributed by atoms with van der Waals surface area (Å²) in [6.45, 7) is 4.45. The zero-order valence-corrected chi connectivity index (χ0v) is 12.6. The van der Waals surface area contributed by atoms with Crippen LogP contribution in [0.5, 0.6) is 0 Å². The highest BCUT2D eigenvalue weighted by molar-refractivity contribution is 7.89. The molecule has 114 valence electrons. The monoisotopic (exact) mass is 304 g/mol. The molecule has 7 heteroatoms. The standard InChI is InChI=1S/C13H21FN2O3S/c1-3-4-6-19-7-5-16-20(17,18)12-9-11(15)8-10(2)13(12)14/h8-9,16H,3-7,15H2,1-2H3. The van der Waals surface area contributed by atoms with Crippen LogP contribution >= 0.6 is 0 Å². The highest BCUT2D eigenvalue weighted by Crippen LogP contribution is 2.21. The van der Waals surface area contributed by atoms with Crippen molar-refractivity contribution in [1.82, 2.24) is 4.72 Å². The number of unbranched alkanes of at least 4 members (excludes halogenated alkanes) is 1. The van der Waals surface area contributed by atoms with Gasteiger partial charge in [-0.05, 0) is 31.0 Å². The molecule has 0 aliphatic carbocycles. The number of aryl methyl sites for hydroxylation is 1. The Bertz CT molecular complexity index is 547. The lowest BCUT2D eigenvalue weighted by atomic mass is 10.2. The number of ether oxygens (including phenoxy) is 1. The molecule has 0 aromatic heterocycles. The molecule has 0 aliphatic heterocycles. The lowest BCUT2D eigenvalue weighted by Gasteiger charge is -2.10. The van der Waals surface area contributed by atoms with Gasteiger partial charge in [-0.1, -0.05) is 13.3 Å². The molecule has 0 aliphatic rings. The number of benzene rings is 1. The maximum atomic E-state index is 13.8. The van der Waals surface area contributed by atoms with E-state index in [1.165, 1.54) is 13.0 Å². The Morgan fingerprint density at radius 2 is 2.05 bits per heavy atom. The summed E-state index contributed by atoms with van der Waals surface area (Å²) in [6, 6.07) is 2.50. The second kappa shape index (κ2) is 7.56. The van der Waals surface area contributed by atoms with Crippen molar-refractivity contribution >= 4 is 15.7 Å². The number of hydrogen-bond donors (Lipinski definition) is 2. The first-order chi connectivity index (χ1) is 9.38. The third-order valence-electron chi connectivity index (χ3n) is 2.71. The number of nitrogens with two attached hydrogens (primary N) is 1. The van der Waals surface area contributed by atoms with Gasteiger partial charge in [-0.2, -0.15) is 0 Å². The van der Waals surface area contributed by atoms with E-state index in [1.54, 1.807) is 0 Å². The predicted molar refractivity (Wildman–Crippen MR) is 76.5 cm³/mol. The van der Waals surface area contributed by atoms with Gasteiger partial charge in [-0.15, -0.1) is 0 Å². The van der Waals surface area contributed by atoms with Gasteiger partial charge in [0, 0.05) is 18.8 Å². The molecule has 0 atom stereocenters. The van der Waals surface area contributed by atoms with Crippen LogP contribution in [-0.4, -0.2) is 28.2 Å². The van der Waals surface area contributed by atoms with Crippen molar-refractivity contribution in [2.24, 2.45) is 0 Å². The molecule has 0 radical (unpaired) electrons. The summed E-state index contributed by atoms with van der Waals surface area (Å²) in [5, 5.41) is 0. The van der Waals surface area contributed by atoms with Gasteiger partial charge in [0.05, 0.1) is 6.61 Å².